The van der Waals surface area contributed by atoms with Crippen molar-refractivity contribution in [3.8, 4) is 0 Å². The molecule has 27 heavy (non-hydrogen) atoms. The van der Waals surface area contributed by atoms with Crippen LogP contribution >= 0.6 is 23.1 Å². The van der Waals surface area contributed by atoms with E-state index in [1.165, 1.54) is 4.70 Å². The van der Waals surface area contributed by atoms with Gasteiger partial charge in [0.25, 0.3) is 5.91 Å². The number of rotatable bonds is 8. The number of hydrogen-bond acceptors (Lipinski definition) is 6. The summed E-state index contributed by atoms with van der Waals surface area (Å²) in [6.07, 6.45) is 0. The maximum absolute atomic E-state index is 12.1. The van der Waals surface area contributed by atoms with Crippen LogP contribution in [0.3, 0.4) is 0 Å². The minimum absolute atomic E-state index is 0.0356. The number of thioether (sulfide) groups is 1. The first kappa shape index (κ1) is 19.9. The van der Waals surface area contributed by atoms with Gasteiger partial charge in [-0.3, -0.25) is 4.79 Å². The number of sulfone groups is 1. The lowest BCUT2D eigenvalue weighted by atomic mass is 10.1. The van der Waals surface area contributed by atoms with Gasteiger partial charge in [0.05, 0.1) is 16.0 Å². The Kier molecular flexibility index (Phi) is 6.51. The van der Waals surface area contributed by atoms with Crippen molar-refractivity contribution in [3.05, 3.63) is 59.7 Å². The average Bonchev–Trinajstić information content (AvgIpc) is 3.09. The highest BCUT2D eigenvalue weighted by Gasteiger charge is 2.10. The average molecular weight is 421 g/mol. The molecule has 0 aliphatic carbocycles. The van der Waals surface area contributed by atoms with Crippen molar-refractivity contribution in [1.82, 2.24) is 10.3 Å². The molecule has 0 saturated carbocycles. The molecule has 1 amide bonds. The predicted molar refractivity (Wildman–Crippen MR) is 112 cm³/mol. The molecule has 1 heterocycles. The summed E-state index contributed by atoms with van der Waals surface area (Å²) >= 11 is 3.35. The topological polar surface area (TPSA) is 76.1 Å². The van der Waals surface area contributed by atoms with Crippen LogP contribution in [0.4, 0.5) is 0 Å². The fraction of sp³-hybridized carbons (Fsp3) is 0.263. The highest BCUT2D eigenvalue weighted by atomic mass is 32.2. The number of thiazole rings is 1. The zero-order valence-corrected chi connectivity index (χ0v) is 17.3. The lowest BCUT2D eigenvalue weighted by molar-refractivity contribution is 0.0956. The number of benzene rings is 2. The van der Waals surface area contributed by atoms with E-state index in [1.54, 1.807) is 42.2 Å². The molecule has 0 atom stereocenters. The van der Waals surface area contributed by atoms with E-state index in [-0.39, 0.29) is 24.0 Å². The smallest absolute Gasteiger partial charge is 0.251 e. The first-order valence-electron chi connectivity index (χ1n) is 8.53. The number of fused-ring (bicyclic) bond motifs is 1. The van der Waals surface area contributed by atoms with Gasteiger partial charge in [-0.05, 0) is 29.8 Å². The van der Waals surface area contributed by atoms with Gasteiger partial charge in [0.2, 0.25) is 0 Å². The van der Waals surface area contributed by atoms with Crippen LogP contribution in [0.2, 0.25) is 0 Å². The van der Waals surface area contributed by atoms with Gasteiger partial charge in [0.15, 0.2) is 14.2 Å². The summed E-state index contributed by atoms with van der Waals surface area (Å²) in [5, 5.41) is 2.65. The minimum Gasteiger partial charge on any atom is -0.351 e. The van der Waals surface area contributed by atoms with Gasteiger partial charge >= 0.3 is 0 Å². The van der Waals surface area contributed by atoms with E-state index in [0.29, 0.717) is 5.56 Å². The fourth-order valence-electron chi connectivity index (χ4n) is 2.38. The molecule has 0 spiro atoms. The Labute approximate surface area is 167 Å². The minimum atomic E-state index is -3.07. The van der Waals surface area contributed by atoms with Crippen LogP contribution in [0.15, 0.2) is 52.9 Å². The van der Waals surface area contributed by atoms with Gasteiger partial charge < -0.3 is 5.32 Å². The second kappa shape index (κ2) is 8.86. The molecule has 0 saturated heterocycles. The third-order valence-electron chi connectivity index (χ3n) is 3.99. The summed E-state index contributed by atoms with van der Waals surface area (Å²) < 4.78 is 25.1. The number of nitrogens with zero attached hydrogens (tertiary/aromatic N) is 1. The summed E-state index contributed by atoms with van der Waals surface area (Å²) in [6, 6.07) is 15.4. The molecule has 5 nitrogen and oxygen atoms in total. The third kappa shape index (κ3) is 5.54. The summed E-state index contributed by atoms with van der Waals surface area (Å²) in [4.78, 5) is 16.7. The van der Waals surface area contributed by atoms with Gasteiger partial charge in [0.1, 0.15) is 0 Å². The molecule has 0 unspecified atom stereocenters. The van der Waals surface area contributed by atoms with Gasteiger partial charge in [0, 0.05) is 23.6 Å². The number of carbonyl (C=O) groups excluding carboxylic acids is 1. The lowest BCUT2D eigenvalue weighted by Gasteiger charge is -2.06. The van der Waals surface area contributed by atoms with Crippen molar-refractivity contribution in [2.24, 2.45) is 0 Å². The Balaban J connectivity index is 1.52. The number of amides is 1. The van der Waals surface area contributed by atoms with Crippen LogP contribution in [0.1, 0.15) is 22.8 Å². The number of carbonyl (C=O) groups is 1. The van der Waals surface area contributed by atoms with E-state index < -0.39 is 9.84 Å². The Morgan fingerprint density at radius 3 is 2.59 bits per heavy atom. The number of aromatic nitrogens is 1. The normalized spacial score (nSPS) is 11.6. The van der Waals surface area contributed by atoms with E-state index in [2.05, 4.69) is 16.4 Å². The zero-order chi connectivity index (χ0) is 19.3. The van der Waals surface area contributed by atoms with Crippen molar-refractivity contribution in [3.63, 3.8) is 0 Å². The first-order valence-corrected chi connectivity index (χ1v) is 12.1. The van der Waals surface area contributed by atoms with Crippen LogP contribution in [0, 0.1) is 0 Å². The molecule has 1 aromatic heterocycles. The largest absolute Gasteiger partial charge is 0.351 e. The molecule has 0 fully saturated rings. The molecular weight excluding hydrogens is 400 g/mol. The van der Waals surface area contributed by atoms with Crippen LogP contribution < -0.4 is 5.32 Å². The summed E-state index contributed by atoms with van der Waals surface area (Å²) in [6.45, 7) is 1.73. The number of para-hydroxylation sites is 1. The van der Waals surface area contributed by atoms with Crippen molar-refractivity contribution in [1.29, 1.82) is 0 Å². The summed E-state index contributed by atoms with van der Waals surface area (Å²) in [7, 11) is -3.07. The number of hydrogen-bond donors (Lipinski definition) is 1. The van der Waals surface area contributed by atoms with E-state index in [9.17, 15) is 13.2 Å². The Morgan fingerprint density at radius 2 is 1.89 bits per heavy atom. The quantitative estimate of drug-likeness (QED) is 0.562. The highest BCUT2D eigenvalue weighted by Crippen LogP contribution is 2.31. The molecule has 3 rings (SSSR count). The SMILES string of the molecule is CCS(=O)(=O)CCNC(=O)c1ccc(CSc2nc3ccccc3s2)cc1. The maximum atomic E-state index is 12.1. The lowest BCUT2D eigenvalue weighted by Crippen LogP contribution is -2.29. The van der Waals surface area contributed by atoms with E-state index in [0.717, 1.165) is 21.2 Å². The molecule has 0 aliphatic heterocycles. The van der Waals surface area contributed by atoms with Crippen LogP contribution in [-0.2, 0) is 15.6 Å². The van der Waals surface area contributed by atoms with Crippen LogP contribution in [0.5, 0.6) is 0 Å². The van der Waals surface area contributed by atoms with Gasteiger partial charge in [-0.1, -0.05) is 43.0 Å². The van der Waals surface area contributed by atoms with Crippen molar-refractivity contribution >= 4 is 49.1 Å². The molecule has 1 N–H and O–H groups in total. The standard InChI is InChI=1S/C19H20N2O3S3/c1-2-27(23,24)12-11-20-18(22)15-9-7-14(8-10-15)13-25-19-21-16-5-3-4-6-17(16)26-19/h3-10H,2,11-13H2,1H3,(H,20,22). The Hall–Kier alpha value is -1.90. The second-order valence-corrected chi connectivity index (χ2v) is 10.7. The van der Waals surface area contributed by atoms with Crippen molar-refractivity contribution in [2.75, 3.05) is 18.1 Å². The summed E-state index contributed by atoms with van der Waals surface area (Å²) in [5.41, 5.74) is 2.64. The van der Waals surface area contributed by atoms with Gasteiger partial charge in [-0.15, -0.1) is 11.3 Å². The highest BCUT2D eigenvalue weighted by molar-refractivity contribution is 8.00. The maximum Gasteiger partial charge on any atom is 0.251 e. The van der Waals surface area contributed by atoms with Crippen LogP contribution in [-0.4, -0.2) is 37.4 Å². The molecule has 3 aromatic rings. The van der Waals surface area contributed by atoms with E-state index in [1.807, 2.05) is 30.3 Å². The molecule has 0 bridgehead atoms. The van der Waals surface area contributed by atoms with Crippen molar-refractivity contribution in [2.45, 2.75) is 17.0 Å². The molecule has 0 radical (unpaired) electrons. The fourth-order valence-corrected chi connectivity index (χ4v) is 5.10. The van der Waals surface area contributed by atoms with Gasteiger partial charge in [-0.2, -0.15) is 0 Å². The molecular formula is C19H20N2O3S3. The monoisotopic (exact) mass is 420 g/mol. The Morgan fingerprint density at radius 1 is 1.15 bits per heavy atom. The van der Waals surface area contributed by atoms with Gasteiger partial charge in [-0.25, -0.2) is 13.4 Å². The molecule has 8 heteroatoms. The molecule has 0 aliphatic rings. The third-order valence-corrected chi connectivity index (χ3v) is 7.95. The van der Waals surface area contributed by atoms with E-state index >= 15 is 0 Å². The van der Waals surface area contributed by atoms with Crippen LogP contribution in [0.25, 0.3) is 10.2 Å². The van der Waals surface area contributed by atoms with E-state index in [4.69, 9.17) is 0 Å². The predicted octanol–water partition coefficient (Wildman–Crippen LogP) is 3.75. The van der Waals surface area contributed by atoms with Crippen molar-refractivity contribution < 1.29 is 13.2 Å². The number of nitrogens with one attached hydrogen (secondary N) is 1. The Bertz CT molecular complexity index is 995. The molecule has 142 valence electrons. The molecule has 2 aromatic carbocycles. The second-order valence-electron chi connectivity index (χ2n) is 5.93. The first-order chi connectivity index (χ1) is 13.0. The zero-order valence-electron chi connectivity index (χ0n) is 14.8. The summed E-state index contributed by atoms with van der Waals surface area (Å²) in [5.74, 6) is 0.568.